The van der Waals surface area contributed by atoms with Gasteiger partial charge in [-0.2, -0.15) is 0 Å². The Morgan fingerprint density at radius 2 is 2.00 bits per heavy atom. The molecule has 0 spiro atoms. The van der Waals surface area contributed by atoms with Crippen molar-refractivity contribution in [1.82, 2.24) is 0 Å². The fourth-order valence-electron chi connectivity index (χ4n) is 2.69. The fourth-order valence-corrected chi connectivity index (χ4v) is 4.21. The minimum absolute atomic E-state index is 0.0650. The van der Waals surface area contributed by atoms with Crippen molar-refractivity contribution in [3.05, 3.63) is 56.5 Å². The second-order valence-electron chi connectivity index (χ2n) is 5.92. The molecule has 2 rings (SSSR count). The number of carbonyl (C=O) groups is 1. The van der Waals surface area contributed by atoms with Crippen LogP contribution < -0.4 is 0 Å². The fraction of sp³-hybridized carbons (Fsp3) is 0.389. The Morgan fingerprint density at radius 3 is 2.50 bits per heavy atom. The van der Waals surface area contributed by atoms with Gasteiger partial charge in [0.1, 0.15) is 10.7 Å². The molecule has 0 bridgehead atoms. The smallest absolute Gasteiger partial charge is 0.172 e. The van der Waals surface area contributed by atoms with Gasteiger partial charge in [-0.1, -0.05) is 32.0 Å². The van der Waals surface area contributed by atoms with Gasteiger partial charge in [0.15, 0.2) is 5.78 Å². The van der Waals surface area contributed by atoms with E-state index in [-0.39, 0.29) is 16.6 Å². The number of benzene rings is 1. The first-order valence-electron chi connectivity index (χ1n) is 7.30. The summed E-state index contributed by atoms with van der Waals surface area (Å²) in [6.07, 6.45) is 0. The maximum atomic E-state index is 14.0. The van der Waals surface area contributed by atoms with Gasteiger partial charge in [-0.15, -0.1) is 22.9 Å². The van der Waals surface area contributed by atoms with Crippen LogP contribution in [0.5, 0.6) is 0 Å². The van der Waals surface area contributed by atoms with E-state index >= 15 is 0 Å². The number of rotatable bonds is 5. The van der Waals surface area contributed by atoms with Crippen LogP contribution in [-0.2, 0) is 5.88 Å². The highest BCUT2D eigenvalue weighted by molar-refractivity contribution is 7.14. The molecule has 0 N–H and O–H groups in total. The maximum absolute atomic E-state index is 14.0. The standard InChI is InChI=1S/C18H20ClFOS/c1-10(2)17(13-6-5-11(3)14(7-13)9-19)16-8-15(20)18(22-16)12(4)21/h5-8,10,17H,9H2,1-4H3. The molecule has 2 aromatic rings. The van der Waals surface area contributed by atoms with E-state index < -0.39 is 5.82 Å². The molecule has 0 saturated carbocycles. The van der Waals surface area contributed by atoms with Crippen LogP contribution in [0.3, 0.4) is 0 Å². The molecule has 0 aliphatic rings. The molecule has 1 atom stereocenters. The molecule has 1 aromatic heterocycles. The molecule has 0 saturated heterocycles. The molecule has 4 heteroatoms. The maximum Gasteiger partial charge on any atom is 0.172 e. The molecule has 0 aliphatic carbocycles. The van der Waals surface area contributed by atoms with Crippen LogP contribution >= 0.6 is 22.9 Å². The van der Waals surface area contributed by atoms with Crippen LogP contribution in [0.2, 0.25) is 0 Å². The largest absolute Gasteiger partial charge is 0.293 e. The van der Waals surface area contributed by atoms with Gasteiger partial charge >= 0.3 is 0 Å². The van der Waals surface area contributed by atoms with Crippen molar-refractivity contribution in [2.24, 2.45) is 5.92 Å². The van der Waals surface area contributed by atoms with Gasteiger partial charge in [-0.05, 0) is 35.6 Å². The average molecular weight is 339 g/mol. The lowest BCUT2D eigenvalue weighted by molar-refractivity contribution is 0.101. The van der Waals surface area contributed by atoms with E-state index in [1.165, 1.54) is 24.3 Å². The quantitative estimate of drug-likeness (QED) is 0.488. The Balaban J connectivity index is 2.51. The van der Waals surface area contributed by atoms with Crippen LogP contribution in [0.25, 0.3) is 0 Å². The summed E-state index contributed by atoms with van der Waals surface area (Å²) < 4.78 is 14.0. The van der Waals surface area contributed by atoms with Gasteiger partial charge in [0.25, 0.3) is 0 Å². The molecule has 0 amide bonds. The van der Waals surface area contributed by atoms with E-state index in [9.17, 15) is 9.18 Å². The van der Waals surface area contributed by atoms with Crippen LogP contribution in [0.15, 0.2) is 24.3 Å². The van der Waals surface area contributed by atoms with E-state index in [0.717, 1.165) is 21.6 Å². The summed E-state index contributed by atoms with van der Waals surface area (Å²) in [4.78, 5) is 12.6. The summed E-state index contributed by atoms with van der Waals surface area (Å²) >= 11 is 7.26. The highest BCUT2D eigenvalue weighted by atomic mass is 35.5. The second-order valence-corrected chi connectivity index (χ2v) is 7.27. The Kier molecular flexibility index (Phi) is 5.41. The highest BCUT2D eigenvalue weighted by Crippen LogP contribution is 2.38. The summed E-state index contributed by atoms with van der Waals surface area (Å²) in [6.45, 7) is 7.65. The van der Waals surface area contributed by atoms with Gasteiger partial charge in [-0.25, -0.2) is 4.39 Å². The first-order valence-corrected chi connectivity index (χ1v) is 8.65. The molecule has 118 valence electrons. The third-order valence-electron chi connectivity index (χ3n) is 3.88. The number of aryl methyl sites for hydroxylation is 1. The number of ketones is 1. The van der Waals surface area contributed by atoms with E-state index in [1.54, 1.807) is 0 Å². The highest BCUT2D eigenvalue weighted by Gasteiger charge is 2.24. The van der Waals surface area contributed by atoms with E-state index in [4.69, 9.17) is 11.6 Å². The van der Waals surface area contributed by atoms with Crippen molar-refractivity contribution in [2.75, 3.05) is 0 Å². The zero-order valence-electron chi connectivity index (χ0n) is 13.2. The summed E-state index contributed by atoms with van der Waals surface area (Å²) in [6, 6.07) is 7.73. The molecule has 1 nitrogen and oxygen atoms in total. The predicted octanol–water partition coefficient (Wildman–Crippen LogP) is 5.92. The lowest BCUT2D eigenvalue weighted by atomic mass is 9.86. The third-order valence-corrected chi connectivity index (χ3v) is 5.46. The first-order chi connectivity index (χ1) is 10.3. The molecule has 0 fully saturated rings. The summed E-state index contributed by atoms with van der Waals surface area (Å²) in [5, 5.41) is 0. The summed E-state index contributed by atoms with van der Waals surface area (Å²) in [7, 11) is 0. The Labute approximate surface area is 140 Å². The van der Waals surface area contributed by atoms with Crippen molar-refractivity contribution in [3.8, 4) is 0 Å². The number of carbonyl (C=O) groups excluding carboxylic acids is 1. The van der Waals surface area contributed by atoms with Crippen molar-refractivity contribution in [1.29, 1.82) is 0 Å². The number of halogens is 2. The van der Waals surface area contributed by atoms with Crippen molar-refractivity contribution in [2.45, 2.75) is 39.5 Å². The van der Waals surface area contributed by atoms with Crippen LogP contribution in [-0.4, -0.2) is 5.78 Å². The SMILES string of the molecule is CC(=O)c1sc(C(c2ccc(C)c(CCl)c2)C(C)C)cc1F. The normalized spacial score (nSPS) is 12.7. The zero-order chi connectivity index (χ0) is 16.4. The lowest BCUT2D eigenvalue weighted by Crippen LogP contribution is -2.07. The van der Waals surface area contributed by atoms with E-state index in [1.807, 2.05) is 6.92 Å². The van der Waals surface area contributed by atoms with Gasteiger partial charge in [-0.3, -0.25) is 4.79 Å². The molecular weight excluding hydrogens is 319 g/mol. The number of Topliss-reactive ketones (excluding diaryl/α,β-unsaturated/α-hetero) is 1. The predicted molar refractivity (Wildman–Crippen MR) is 91.7 cm³/mol. The van der Waals surface area contributed by atoms with Crippen molar-refractivity contribution >= 4 is 28.7 Å². The van der Waals surface area contributed by atoms with Crippen molar-refractivity contribution in [3.63, 3.8) is 0 Å². The van der Waals surface area contributed by atoms with Crippen LogP contribution in [0, 0.1) is 18.7 Å². The summed E-state index contributed by atoms with van der Waals surface area (Å²) in [5.74, 6) is 0.186. The van der Waals surface area contributed by atoms with Gasteiger partial charge in [0.05, 0.1) is 0 Å². The van der Waals surface area contributed by atoms with Gasteiger partial charge in [0, 0.05) is 23.6 Å². The zero-order valence-corrected chi connectivity index (χ0v) is 14.8. The lowest BCUT2D eigenvalue weighted by Gasteiger charge is -2.21. The Bertz CT molecular complexity index is 690. The first kappa shape index (κ1) is 17.2. The van der Waals surface area contributed by atoms with Gasteiger partial charge < -0.3 is 0 Å². The monoisotopic (exact) mass is 338 g/mol. The minimum Gasteiger partial charge on any atom is -0.293 e. The molecular formula is C18H20ClFOS. The molecule has 0 aliphatic heterocycles. The number of hydrogen-bond donors (Lipinski definition) is 0. The van der Waals surface area contributed by atoms with Gasteiger partial charge in [0.2, 0.25) is 0 Å². The Hall–Kier alpha value is -1.19. The molecule has 1 unspecified atom stereocenters. The molecule has 1 aromatic carbocycles. The van der Waals surface area contributed by atoms with E-state index in [0.29, 0.717) is 11.8 Å². The molecule has 22 heavy (non-hydrogen) atoms. The Morgan fingerprint density at radius 1 is 1.32 bits per heavy atom. The number of hydrogen-bond acceptors (Lipinski definition) is 2. The summed E-state index contributed by atoms with van der Waals surface area (Å²) in [5.41, 5.74) is 3.37. The van der Waals surface area contributed by atoms with Crippen LogP contribution in [0.1, 0.15) is 57.9 Å². The topological polar surface area (TPSA) is 17.1 Å². The van der Waals surface area contributed by atoms with Crippen LogP contribution in [0.4, 0.5) is 4.39 Å². The third kappa shape index (κ3) is 3.41. The van der Waals surface area contributed by atoms with E-state index in [2.05, 4.69) is 32.0 Å². The number of alkyl halides is 1. The number of thiophene rings is 1. The minimum atomic E-state index is -0.414. The molecule has 1 heterocycles. The second kappa shape index (κ2) is 6.93. The average Bonchev–Trinajstić information content (AvgIpc) is 2.82. The molecule has 0 radical (unpaired) electrons. The van der Waals surface area contributed by atoms with Crippen molar-refractivity contribution < 1.29 is 9.18 Å².